The molecule has 1 aliphatic rings. The Hall–Kier alpha value is -0.910. The Morgan fingerprint density at radius 1 is 1.38 bits per heavy atom. The molecule has 16 heavy (non-hydrogen) atoms. The van der Waals surface area contributed by atoms with E-state index in [1.54, 1.807) is 6.92 Å². The van der Waals surface area contributed by atoms with Crippen molar-refractivity contribution in [1.29, 1.82) is 0 Å². The van der Waals surface area contributed by atoms with Crippen LogP contribution >= 0.6 is 0 Å². The molecule has 0 aromatic heterocycles. The molecule has 0 radical (unpaired) electrons. The molecule has 88 valence electrons. The van der Waals surface area contributed by atoms with Crippen LogP contribution in [0.3, 0.4) is 0 Å². The van der Waals surface area contributed by atoms with Crippen LogP contribution in [0, 0.1) is 0 Å². The minimum atomic E-state index is -3.19. The smallest absolute Gasteiger partial charge is 0.221 e. The van der Waals surface area contributed by atoms with E-state index in [-0.39, 0.29) is 13.3 Å². The number of ether oxygens (including phenoxy) is 1. The van der Waals surface area contributed by atoms with Crippen molar-refractivity contribution in [3.63, 3.8) is 0 Å². The molecule has 0 aliphatic carbocycles. The van der Waals surface area contributed by atoms with Crippen LogP contribution in [0.5, 0.6) is 0 Å². The van der Waals surface area contributed by atoms with Gasteiger partial charge in [0.1, 0.15) is 6.73 Å². The standard InChI is InChI=1S/C11H15NO3S/c1-10-8-15-9-12(16(10,13)14)7-11-5-3-2-4-6-11/h2-6,10H,7-9H2,1H3. The summed E-state index contributed by atoms with van der Waals surface area (Å²) in [6.45, 7) is 2.50. The monoisotopic (exact) mass is 241 g/mol. The number of hydrogen-bond donors (Lipinski definition) is 0. The van der Waals surface area contributed by atoms with Gasteiger partial charge in [-0.1, -0.05) is 30.3 Å². The van der Waals surface area contributed by atoms with Crippen molar-refractivity contribution in [3.8, 4) is 0 Å². The Morgan fingerprint density at radius 2 is 2.06 bits per heavy atom. The first-order chi connectivity index (χ1) is 7.60. The van der Waals surface area contributed by atoms with E-state index in [0.717, 1.165) is 5.56 Å². The van der Waals surface area contributed by atoms with Gasteiger partial charge in [0, 0.05) is 6.54 Å². The Labute approximate surface area is 95.9 Å². The fraction of sp³-hybridized carbons (Fsp3) is 0.455. The summed E-state index contributed by atoms with van der Waals surface area (Å²) in [4.78, 5) is 0. The molecule has 5 heteroatoms. The Bertz CT molecular complexity index is 444. The average Bonchev–Trinajstić information content (AvgIpc) is 2.27. The van der Waals surface area contributed by atoms with Crippen LogP contribution < -0.4 is 0 Å². The van der Waals surface area contributed by atoms with E-state index in [0.29, 0.717) is 6.54 Å². The molecule has 1 aliphatic heterocycles. The summed E-state index contributed by atoms with van der Waals surface area (Å²) in [5.74, 6) is 0. The van der Waals surface area contributed by atoms with Crippen molar-refractivity contribution in [3.05, 3.63) is 35.9 Å². The summed E-state index contributed by atoms with van der Waals surface area (Å²) < 4.78 is 30.6. The average molecular weight is 241 g/mol. The minimum absolute atomic E-state index is 0.154. The molecule has 1 aromatic rings. The predicted molar refractivity (Wildman–Crippen MR) is 61.2 cm³/mol. The maximum absolute atomic E-state index is 12.0. The third-order valence-corrected chi connectivity index (χ3v) is 4.77. The van der Waals surface area contributed by atoms with Gasteiger partial charge in [0.05, 0.1) is 11.9 Å². The Kier molecular flexibility index (Phi) is 3.28. The van der Waals surface area contributed by atoms with Crippen LogP contribution in [-0.4, -0.2) is 31.3 Å². The van der Waals surface area contributed by atoms with Gasteiger partial charge >= 0.3 is 0 Å². The quantitative estimate of drug-likeness (QED) is 0.781. The van der Waals surface area contributed by atoms with E-state index in [2.05, 4.69) is 0 Å². The Balaban J connectivity index is 2.16. The van der Waals surface area contributed by atoms with Crippen molar-refractivity contribution in [1.82, 2.24) is 4.31 Å². The van der Waals surface area contributed by atoms with E-state index >= 15 is 0 Å². The van der Waals surface area contributed by atoms with Gasteiger partial charge in [0.15, 0.2) is 0 Å². The minimum Gasteiger partial charge on any atom is -0.364 e. The summed E-state index contributed by atoms with van der Waals surface area (Å²) in [5.41, 5.74) is 0.976. The molecule has 1 fully saturated rings. The molecule has 1 unspecified atom stereocenters. The molecule has 1 atom stereocenters. The van der Waals surface area contributed by atoms with Crippen LogP contribution in [0.25, 0.3) is 0 Å². The van der Waals surface area contributed by atoms with Gasteiger partial charge in [-0.2, -0.15) is 4.31 Å². The maximum atomic E-state index is 12.0. The third-order valence-electron chi connectivity index (χ3n) is 2.66. The van der Waals surface area contributed by atoms with E-state index in [9.17, 15) is 8.42 Å². The van der Waals surface area contributed by atoms with Gasteiger partial charge < -0.3 is 4.74 Å². The highest BCUT2D eigenvalue weighted by Gasteiger charge is 2.33. The zero-order chi connectivity index (χ0) is 11.6. The molecule has 0 amide bonds. The maximum Gasteiger partial charge on any atom is 0.221 e. The number of sulfonamides is 1. The second-order valence-corrected chi connectivity index (χ2v) is 6.30. The van der Waals surface area contributed by atoms with E-state index < -0.39 is 15.3 Å². The molecule has 0 spiro atoms. The van der Waals surface area contributed by atoms with Gasteiger partial charge in [0.2, 0.25) is 10.0 Å². The third kappa shape index (κ3) is 2.26. The molecular weight excluding hydrogens is 226 g/mol. The number of rotatable bonds is 2. The molecule has 1 heterocycles. The summed E-state index contributed by atoms with van der Waals surface area (Å²) in [6.07, 6.45) is 0. The van der Waals surface area contributed by atoms with Crippen molar-refractivity contribution in [2.45, 2.75) is 18.7 Å². The highest BCUT2D eigenvalue weighted by Crippen LogP contribution is 2.18. The Morgan fingerprint density at radius 3 is 2.75 bits per heavy atom. The number of nitrogens with zero attached hydrogens (tertiary/aromatic N) is 1. The SMILES string of the molecule is CC1COCN(Cc2ccccc2)S1(=O)=O. The van der Waals surface area contributed by atoms with Crippen LogP contribution in [-0.2, 0) is 21.3 Å². The van der Waals surface area contributed by atoms with Crippen molar-refractivity contribution in [2.24, 2.45) is 0 Å². The first kappa shape index (κ1) is 11.6. The first-order valence-corrected chi connectivity index (χ1v) is 6.71. The van der Waals surface area contributed by atoms with Crippen molar-refractivity contribution < 1.29 is 13.2 Å². The van der Waals surface area contributed by atoms with Gasteiger partial charge in [0.25, 0.3) is 0 Å². The summed E-state index contributed by atoms with van der Waals surface area (Å²) in [7, 11) is -3.19. The second-order valence-electron chi connectivity index (χ2n) is 3.95. The topological polar surface area (TPSA) is 46.6 Å². The van der Waals surface area contributed by atoms with Crippen molar-refractivity contribution >= 4 is 10.0 Å². The largest absolute Gasteiger partial charge is 0.364 e. The van der Waals surface area contributed by atoms with Gasteiger partial charge in [-0.15, -0.1) is 0 Å². The lowest BCUT2D eigenvalue weighted by Gasteiger charge is -2.30. The number of hydrogen-bond acceptors (Lipinski definition) is 3. The fourth-order valence-corrected chi connectivity index (χ4v) is 2.98. The van der Waals surface area contributed by atoms with E-state index in [4.69, 9.17) is 4.74 Å². The molecule has 0 saturated carbocycles. The van der Waals surface area contributed by atoms with Crippen LogP contribution in [0.2, 0.25) is 0 Å². The number of benzene rings is 1. The predicted octanol–water partition coefficient (Wildman–Crippen LogP) is 1.19. The van der Waals surface area contributed by atoms with Crippen LogP contribution in [0.4, 0.5) is 0 Å². The van der Waals surface area contributed by atoms with E-state index in [1.165, 1.54) is 4.31 Å². The zero-order valence-electron chi connectivity index (χ0n) is 9.17. The highest BCUT2D eigenvalue weighted by molar-refractivity contribution is 7.89. The van der Waals surface area contributed by atoms with Gasteiger partial charge in [-0.25, -0.2) is 8.42 Å². The van der Waals surface area contributed by atoms with Gasteiger partial charge in [-0.05, 0) is 12.5 Å². The molecule has 4 nitrogen and oxygen atoms in total. The zero-order valence-corrected chi connectivity index (χ0v) is 9.98. The molecule has 2 rings (SSSR count). The molecule has 0 N–H and O–H groups in total. The second kappa shape index (κ2) is 4.53. The fourth-order valence-electron chi connectivity index (χ4n) is 1.66. The lowest BCUT2D eigenvalue weighted by Crippen LogP contribution is -2.45. The summed E-state index contributed by atoms with van der Waals surface area (Å²) in [6, 6.07) is 9.53. The first-order valence-electron chi connectivity index (χ1n) is 5.21. The molecular formula is C11H15NO3S. The molecule has 1 saturated heterocycles. The van der Waals surface area contributed by atoms with Gasteiger partial charge in [-0.3, -0.25) is 0 Å². The highest BCUT2D eigenvalue weighted by atomic mass is 32.2. The normalized spacial score (nSPS) is 25.4. The summed E-state index contributed by atoms with van der Waals surface area (Å²) in [5, 5.41) is -0.454. The lowest BCUT2D eigenvalue weighted by molar-refractivity contribution is 0.0506. The van der Waals surface area contributed by atoms with Crippen LogP contribution in [0.15, 0.2) is 30.3 Å². The molecule has 1 aromatic carbocycles. The van der Waals surface area contributed by atoms with E-state index in [1.807, 2.05) is 30.3 Å². The van der Waals surface area contributed by atoms with Crippen LogP contribution in [0.1, 0.15) is 12.5 Å². The summed E-state index contributed by atoms with van der Waals surface area (Å²) >= 11 is 0. The van der Waals surface area contributed by atoms with Crippen molar-refractivity contribution in [2.75, 3.05) is 13.3 Å². The molecule has 0 bridgehead atoms. The lowest BCUT2D eigenvalue weighted by atomic mass is 10.2.